The summed E-state index contributed by atoms with van der Waals surface area (Å²) >= 11 is 0. The lowest BCUT2D eigenvalue weighted by molar-refractivity contribution is 0.0977. The maximum absolute atomic E-state index is 13.2. The maximum Gasteiger partial charge on any atom is 0.297 e. The van der Waals surface area contributed by atoms with Crippen molar-refractivity contribution in [2.75, 3.05) is 18.1 Å². The van der Waals surface area contributed by atoms with Crippen molar-refractivity contribution < 1.29 is 9.90 Å². The predicted octanol–water partition coefficient (Wildman–Crippen LogP) is 2.88. The van der Waals surface area contributed by atoms with Crippen molar-refractivity contribution in [3.8, 4) is 5.69 Å². The van der Waals surface area contributed by atoms with Crippen molar-refractivity contribution in [2.24, 2.45) is 0 Å². The number of aromatic nitrogens is 3. The van der Waals surface area contributed by atoms with E-state index in [0.717, 1.165) is 35.6 Å². The molecule has 2 heterocycles. The van der Waals surface area contributed by atoms with Crippen LogP contribution in [0.3, 0.4) is 0 Å². The van der Waals surface area contributed by atoms with Crippen LogP contribution in [0.15, 0.2) is 54.6 Å². The molecule has 0 saturated heterocycles. The van der Waals surface area contributed by atoms with Gasteiger partial charge < -0.3 is 10.0 Å². The lowest BCUT2D eigenvalue weighted by atomic mass is 10.0. The second kappa shape index (κ2) is 6.32. The molecule has 5 rings (SSSR count). The van der Waals surface area contributed by atoms with E-state index < -0.39 is 0 Å². The number of carbonyl (C=O) groups is 1. The van der Waals surface area contributed by atoms with Crippen molar-refractivity contribution in [1.29, 1.82) is 0 Å². The highest BCUT2D eigenvalue weighted by molar-refractivity contribution is 6.05. The Labute approximate surface area is 157 Å². The smallest absolute Gasteiger partial charge is 0.297 e. The zero-order valence-electron chi connectivity index (χ0n) is 14.8. The van der Waals surface area contributed by atoms with E-state index >= 15 is 0 Å². The summed E-state index contributed by atoms with van der Waals surface area (Å²) in [6.07, 6.45) is 2.16. The van der Waals surface area contributed by atoms with Gasteiger partial charge in [0, 0.05) is 24.1 Å². The van der Waals surface area contributed by atoms with Crippen molar-refractivity contribution in [1.82, 2.24) is 14.8 Å². The van der Waals surface area contributed by atoms with Crippen LogP contribution in [-0.4, -0.2) is 38.9 Å². The Morgan fingerprint density at radius 2 is 1.81 bits per heavy atom. The van der Waals surface area contributed by atoms with Gasteiger partial charge in [-0.1, -0.05) is 36.4 Å². The minimum absolute atomic E-state index is 0.0139. The van der Waals surface area contributed by atoms with Gasteiger partial charge in [-0.15, -0.1) is 5.10 Å². The van der Waals surface area contributed by atoms with E-state index in [4.69, 9.17) is 0 Å². The molecule has 2 aliphatic rings. The minimum atomic E-state index is -0.213. The molecule has 1 aliphatic heterocycles. The highest BCUT2D eigenvalue weighted by Crippen LogP contribution is 2.40. The van der Waals surface area contributed by atoms with Gasteiger partial charge in [0.05, 0.1) is 12.3 Å². The van der Waals surface area contributed by atoms with Crippen molar-refractivity contribution in [3.05, 3.63) is 71.8 Å². The van der Waals surface area contributed by atoms with Gasteiger partial charge in [-0.05, 0) is 36.6 Å². The summed E-state index contributed by atoms with van der Waals surface area (Å²) in [5, 5.41) is 14.2. The Balaban J connectivity index is 1.53. The van der Waals surface area contributed by atoms with Gasteiger partial charge in [0.1, 0.15) is 5.82 Å². The number of amides is 1. The van der Waals surface area contributed by atoms with E-state index in [-0.39, 0.29) is 24.3 Å². The average molecular weight is 360 g/mol. The largest absolute Gasteiger partial charge is 0.396 e. The van der Waals surface area contributed by atoms with Crippen LogP contribution in [0.5, 0.6) is 0 Å². The van der Waals surface area contributed by atoms with Gasteiger partial charge in [0.25, 0.3) is 5.91 Å². The molecule has 1 N–H and O–H groups in total. The summed E-state index contributed by atoms with van der Waals surface area (Å²) < 4.78 is 1.80. The van der Waals surface area contributed by atoms with Gasteiger partial charge in [-0.25, -0.2) is 9.67 Å². The first kappa shape index (κ1) is 16.2. The highest BCUT2D eigenvalue weighted by atomic mass is 16.3. The van der Waals surface area contributed by atoms with E-state index in [9.17, 15) is 9.90 Å². The van der Waals surface area contributed by atoms with E-state index in [0.29, 0.717) is 12.5 Å². The van der Waals surface area contributed by atoms with E-state index in [1.54, 1.807) is 9.58 Å². The van der Waals surface area contributed by atoms with Gasteiger partial charge in [-0.2, -0.15) is 0 Å². The maximum atomic E-state index is 13.2. The number of aliphatic hydroxyl groups excluding tert-OH is 1. The summed E-state index contributed by atoms with van der Waals surface area (Å²) in [6, 6.07) is 17.5. The molecule has 1 atom stereocenters. The molecule has 0 radical (unpaired) electrons. The van der Waals surface area contributed by atoms with Gasteiger partial charge in [-0.3, -0.25) is 4.79 Å². The molecule has 0 bridgehead atoms. The topological polar surface area (TPSA) is 71.2 Å². The average Bonchev–Trinajstić information content (AvgIpc) is 3.36. The van der Waals surface area contributed by atoms with E-state index in [2.05, 4.69) is 10.1 Å². The summed E-state index contributed by atoms with van der Waals surface area (Å²) in [5.41, 5.74) is 2.75. The Hall–Kier alpha value is -2.99. The fourth-order valence-electron chi connectivity index (χ4n) is 3.74. The van der Waals surface area contributed by atoms with Crippen LogP contribution in [0, 0.1) is 0 Å². The summed E-state index contributed by atoms with van der Waals surface area (Å²) in [4.78, 5) is 19.5. The molecule has 136 valence electrons. The minimum Gasteiger partial charge on any atom is -0.396 e. The van der Waals surface area contributed by atoms with Crippen LogP contribution in [-0.2, 0) is 0 Å². The lowest BCUT2D eigenvalue weighted by Crippen LogP contribution is -2.31. The molecule has 27 heavy (non-hydrogen) atoms. The quantitative estimate of drug-likeness (QED) is 0.777. The third-order valence-electron chi connectivity index (χ3n) is 5.30. The number of anilines is 1. The molecule has 1 fully saturated rings. The first-order chi connectivity index (χ1) is 13.3. The number of para-hydroxylation sites is 2. The van der Waals surface area contributed by atoms with Crippen LogP contribution in [0.25, 0.3) is 5.69 Å². The van der Waals surface area contributed by atoms with Crippen molar-refractivity contribution >= 4 is 11.6 Å². The Bertz CT molecular complexity index is 994. The molecule has 0 spiro atoms. The SMILES string of the molecule is O=C(c1nc(C2CC2)n(-c2ccccc2)n1)N1CC(CO)c2ccccc21. The summed E-state index contributed by atoms with van der Waals surface area (Å²) in [7, 11) is 0. The van der Waals surface area contributed by atoms with Crippen LogP contribution in [0.1, 0.15) is 46.7 Å². The lowest BCUT2D eigenvalue weighted by Gasteiger charge is -2.15. The molecule has 1 saturated carbocycles. The summed E-state index contributed by atoms with van der Waals surface area (Å²) in [5.74, 6) is 1.17. The van der Waals surface area contributed by atoms with E-state index in [1.165, 1.54) is 0 Å². The first-order valence-electron chi connectivity index (χ1n) is 9.30. The number of rotatable bonds is 4. The number of carbonyl (C=O) groups excluding carboxylic acids is 1. The zero-order valence-corrected chi connectivity index (χ0v) is 14.8. The summed E-state index contributed by atoms with van der Waals surface area (Å²) in [6.45, 7) is 0.466. The highest BCUT2D eigenvalue weighted by Gasteiger charge is 2.36. The van der Waals surface area contributed by atoms with Gasteiger partial charge in [0.15, 0.2) is 0 Å². The predicted molar refractivity (Wildman–Crippen MR) is 101 cm³/mol. The Kier molecular flexibility index (Phi) is 3.79. The van der Waals surface area contributed by atoms with Crippen molar-refractivity contribution in [2.45, 2.75) is 24.7 Å². The molecule has 6 nitrogen and oxygen atoms in total. The first-order valence-corrected chi connectivity index (χ1v) is 9.30. The van der Waals surface area contributed by atoms with E-state index in [1.807, 2.05) is 54.6 Å². The second-order valence-electron chi connectivity index (χ2n) is 7.17. The zero-order chi connectivity index (χ0) is 18.4. The molecule has 1 amide bonds. The number of hydrogen-bond donors (Lipinski definition) is 1. The molecule has 1 aromatic heterocycles. The molecule has 3 aromatic rings. The molecule has 1 unspecified atom stereocenters. The number of nitrogens with zero attached hydrogens (tertiary/aromatic N) is 4. The molecular formula is C21H20N4O2. The molecular weight excluding hydrogens is 340 g/mol. The van der Waals surface area contributed by atoms with Crippen LogP contribution in [0.4, 0.5) is 5.69 Å². The fourth-order valence-corrected chi connectivity index (χ4v) is 3.74. The molecule has 6 heteroatoms. The van der Waals surface area contributed by atoms with Crippen LogP contribution in [0.2, 0.25) is 0 Å². The van der Waals surface area contributed by atoms with Gasteiger partial charge in [0.2, 0.25) is 5.82 Å². The standard InChI is InChI=1S/C21H20N4O2/c26-13-15-12-24(18-9-5-4-8-17(15)18)21(27)19-22-20(14-10-11-14)25(23-19)16-6-2-1-3-7-16/h1-9,14-15,26H,10-13H2. The third kappa shape index (κ3) is 2.73. The third-order valence-corrected chi connectivity index (χ3v) is 5.30. The number of fused-ring (bicyclic) bond motifs is 1. The normalized spacial score (nSPS) is 18.6. The molecule has 2 aromatic carbocycles. The monoisotopic (exact) mass is 360 g/mol. The number of aliphatic hydroxyl groups is 1. The molecule has 1 aliphatic carbocycles. The Morgan fingerprint density at radius 3 is 2.56 bits per heavy atom. The number of benzene rings is 2. The second-order valence-corrected chi connectivity index (χ2v) is 7.17. The fraction of sp³-hybridized carbons (Fsp3) is 0.286. The van der Waals surface area contributed by atoms with Crippen molar-refractivity contribution in [3.63, 3.8) is 0 Å². The number of hydrogen-bond acceptors (Lipinski definition) is 4. The van der Waals surface area contributed by atoms with Crippen LogP contribution < -0.4 is 4.90 Å². The van der Waals surface area contributed by atoms with Crippen LogP contribution >= 0.6 is 0 Å². The Morgan fingerprint density at radius 1 is 1.07 bits per heavy atom. The van der Waals surface area contributed by atoms with Gasteiger partial charge >= 0.3 is 0 Å².